The summed E-state index contributed by atoms with van der Waals surface area (Å²) in [6.07, 6.45) is 6.56. The fraction of sp³-hybridized carbons (Fsp3) is 0.214. The second-order valence-electron chi connectivity index (χ2n) is 3.86. The fourth-order valence-corrected chi connectivity index (χ4v) is 1.64. The van der Waals surface area contributed by atoms with Crippen molar-refractivity contribution in [2.45, 2.75) is 13.3 Å². The van der Waals surface area contributed by atoms with E-state index in [0.717, 1.165) is 23.2 Å². The van der Waals surface area contributed by atoms with Crippen molar-refractivity contribution in [2.24, 2.45) is 0 Å². The first-order valence-corrected chi connectivity index (χ1v) is 5.74. The van der Waals surface area contributed by atoms with Crippen LogP contribution in [0, 0.1) is 0 Å². The average Bonchev–Trinajstić information content (AvgIpc) is 2.90. The van der Waals surface area contributed by atoms with Crippen LogP contribution in [0.4, 0.5) is 0 Å². The highest BCUT2D eigenvalue weighted by Gasteiger charge is 1.97. The third-order valence-corrected chi connectivity index (χ3v) is 2.69. The monoisotopic (exact) mass is 228 g/mol. The summed E-state index contributed by atoms with van der Waals surface area (Å²) >= 11 is 0. The Morgan fingerprint density at radius 1 is 1.35 bits per heavy atom. The van der Waals surface area contributed by atoms with Crippen molar-refractivity contribution in [3.63, 3.8) is 0 Å². The molecule has 2 aromatic rings. The molecule has 1 N–H and O–H groups in total. The van der Waals surface area contributed by atoms with E-state index in [1.807, 2.05) is 54.2 Å². The molecule has 1 aromatic carbocycles. The zero-order valence-electron chi connectivity index (χ0n) is 9.87. The van der Waals surface area contributed by atoms with Gasteiger partial charge in [-0.2, -0.15) is 5.10 Å². The van der Waals surface area contributed by atoms with E-state index in [-0.39, 0.29) is 6.61 Å². The Labute approximate surface area is 101 Å². The van der Waals surface area contributed by atoms with Gasteiger partial charge < -0.3 is 5.11 Å². The van der Waals surface area contributed by atoms with E-state index >= 15 is 0 Å². The summed E-state index contributed by atoms with van der Waals surface area (Å²) in [7, 11) is 0. The second kappa shape index (κ2) is 5.46. The largest absolute Gasteiger partial charge is 0.392 e. The highest BCUT2D eigenvalue weighted by molar-refractivity contribution is 5.54. The smallest absolute Gasteiger partial charge is 0.0645 e. The number of rotatable bonds is 4. The third-order valence-electron chi connectivity index (χ3n) is 2.69. The maximum atomic E-state index is 9.11. The molecular weight excluding hydrogens is 212 g/mol. The van der Waals surface area contributed by atoms with Gasteiger partial charge in [0.25, 0.3) is 0 Å². The lowest BCUT2D eigenvalue weighted by atomic mass is 10.1. The molecule has 0 saturated carbocycles. The van der Waals surface area contributed by atoms with Crippen LogP contribution in [0.15, 0.2) is 48.3 Å². The molecule has 0 atom stereocenters. The van der Waals surface area contributed by atoms with Gasteiger partial charge >= 0.3 is 0 Å². The third kappa shape index (κ3) is 2.82. The Hall–Kier alpha value is -1.87. The number of hydrogen-bond acceptors (Lipinski definition) is 2. The van der Waals surface area contributed by atoms with Gasteiger partial charge in [0, 0.05) is 12.4 Å². The molecule has 1 aromatic heterocycles. The predicted octanol–water partition coefficient (Wildman–Crippen LogP) is 2.66. The topological polar surface area (TPSA) is 38.0 Å². The summed E-state index contributed by atoms with van der Waals surface area (Å²) in [5.41, 5.74) is 3.18. The minimum Gasteiger partial charge on any atom is -0.392 e. The molecule has 0 saturated heterocycles. The molecule has 0 bridgehead atoms. The second-order valence-corrected chi connectivity index (χ2v) is 3.86. The van der Waals surface area contributed by atoms with E-state index < -0.39 is 0 Å². The van der Waals surface area contributed by atoms with Crippen molar-refractivity contribution in [1.29, 1.82) is 0 Å². The molecular formula is C14H16N2O. The Morgan fingerprint density at radius 3 is 2.65 bits per heavy atom. The molecule has 0 unspecified atom stereocenters. The number of aromatic nitrogens is 2. The first-order chi connectivity index (χ1) is 8.33. The van der Waals surface area contributed by atoms with Gasteiger partial charge in [0.2, 0.25) is 0 Å². The van der Waals surface area contributed by atoms with E-state index in [0.29, 0.717) is 0 Å². The number of nitrogens with zero attached hydrogens (tertiary/aromatic N) is 2. The van der Waals surface area contributed by atoms with Crippen LogP contribution < -0.4 is 0 Å². The van der Waals surface area contributed by atoms with Crippen molar-refractivity contribution in [1.82, 2.24) is 9.78 Å². The number of benzene rings is 1. The molecule has 88 valence electrons. The molecule has 0 aliphatic rings. The van der Waals surface area contributed by atoms with Crippen molar-refractivity contribution in [3.8, 4) is 5.69 Å². The van der Waals surface area contributed by atoms with Crippen molar-refractivity contribution in [3.05, 3.63) is 53.9 Å². The Morgan fingerprint density at radius 2 is 2.12 bits per heavy atom. The molecule has 0 radical (unpaired) electrons. The van der Waals surface area contributed by atoms with Crippen LogP contribution >= 0.6 is 0 Å². The normalized spacial score (nSPS) is 11.8. The maximum Gasteiger partial charge on any atom is 0.0645 e. The highest BCUT2D eigenvalue weighted by atomic mass is 16.3. The zero-order valence-corrected chi connectivity index (χ0v) is 9.87. The zero-order chi connectivity index (χ0) is 12.1. The van der Waals surface area contributed by atoms with Crippen LogP contribution in [0.2, 0.25) is 0 Å². The van der Waals surface area contributed by atoms with Gasteiger partial charge in [0.1, 0.15) is 0 Å². The van der Waals surface area contributed by atoms with Crippen LogP contribution in [-0.2, 0) is 0 Å². The summed E-state index contributed by atoms with van der Waals surface area (Å²) in [4.78, 5) is 0. The van der Waals surface area contributed by atoms with E-state index in [2.05, 4.69) is 5.10 Å². The Balaban J connectivity index is 2.21. The molecule has 0 spiro atoms. The molecule has 0 aliphatic carbocycles. The Bertz CT molecular complexity index is 477. The van der Waals surface area contributed by atoms with Crippen molar-refractivity contribution in [2.75, 3.05) is 6.61 Å². The van der Waals surface area contributed by atoms with Gasteiger partial charge in [-0.3, -0.25) is 0 Å². The molecule has 2 rings (SSSR count). The van der Waals surface area contributed by atoms with Gasteiger partial charge in [-0.15, -0.1) is 0 Å². The maximum absolute atomic E-state index is 9.11. The number of aliphatic hydroxyl groups is 1. The van der Waals surface area contributed by atoms with Gasteiger partial charge in [-0.05, 0) is 35.8 Å². The van der Waals surface area contributed by atoms with Crippen LogP contribution in [0.5, 0.6) is 0 Å². The summed E-state index contributed by atoms with van der Waals surface area (Å²) in [6, 6.07) is 9.99. The standard InChI is InChI=1S/C14H16N2O/c1-2-12(11-17)10-13-4-6-14(7-5-13)16-9-3-8-15-16/h3-10,17H,2,11H2,1H3. The SMILES string of the molecule is CCC(=Cc1ccc(-n2cccn2)cc1)CO. The minimum atomic E-state index is 0.122. The van der Waals surface area contributed by atoms with Gasteiger partial charge in [-0.1, -0.05) is 25.1 Å². The van der Waals surface area contributed by atoms with Crippen LogP contribution in [0.25, 0.3) is 11.8 Å². The lowest BCUT2D eigenvalue weighted by Gasteiger charge is -2.03. The predicted molar refractivity (Wildman–Crippen MR) is 68.9 cm³/mol. The molecule has 3 nitrogen and oxygen atoms in total. The average molecular weight is 228 g/mol. The molecule has 1 heterocycles. The van der Waals surface area contributed by atoms with Gasteiger partial charge in [0.15, 0.2) is 0 Å². The first kappa shape index (κ1) is 11.6. The molecule has 17 heavy (non-hydrogen) atoms. The molecule has 0 aliphatic heterocycles. The number of hydrogen-bond donors (Lipinski definition) is 1. The Kier molecular flexibility index (Phi) is 3.73. The van der Waals surface area contributed by atoms with Gasteiger partial charge in [-0.25, -0.2) is 4.68 Å². The highest BCUT2D eigenvalue weighted by Crippen LogP contribution is 2.12. The van der Waals surface area contributed by atoms with Crippen molar-refractivity contribution < 1.29 is 5.11 Å². The lowest BCUT2D eigenvalue weighted by Crippen LogP contribution is -1.93. The summed E-state index contributed by atoms with van der Waals surface area (Å²) in [5, 5.41) is 13.3. The number of aliphatic hydroxyl groups excluding tert-OH is 1. The van der Waals surface area contributed by atoms with Crippen LogP contribution in [0.1, 0.15) is 18.9 Å². The van der Waals surface area contributed by atoms with Crippen molar-refractivity contribution >= 4 is 6.08 Å². The van der Waals surface area contributed by atoms with Crippen LogP contribution in [0.3, 0.4) is 0 Å². The summed E-state index contributed by atoms with van der Waals surface area (Å²) < 4.78 is 1.82. The van der Waals surface area contributed by atoms with E-state index in [1.165, 1.54) is 0 Å². The quantitative estimate of drug-likeness (QED) is 0.873. The minimum absolute atomic E-state index is 0.122. The van der Waals surface area contributed by atoms with E-state index in [1.54, 1.807) is 6.20 Å². The van der Waals surface area contributed by atoms with Crippen LogP contribution in [-0.4, -0.2) is 21.5 Å². The fourth-order valence-electron chi connectivity index (χ4n) is 1.64. The van der Waals surface area contributed by atoms with E-state index in [4.69, 9.17) is 5.11 Å². The molecule has 0 fully saturated rings. The van der Waals surface area contributed by atoms with E-state index in [9.17, 15) is 0 Å². The molecule has 3 heteroatoms. The van der Waals surface area contributed by atoms with Gasteiger partial charge in [0.05, 0.1) is 12.3 Å². The molecule has 0 amide bonds. The summed E-state index contributed by atoms with van der Waals surface area (Å²) in [5.74, 6) is 0. The lowest BCUT2D eigenvalue weighted by molar-refractivity contribution is 0.329. The first-order valence-electron chi connectivity index (χ1n) is 5.74. The summed E-state index contributed by atoms with van der Waals surface area (Å²) in [6.45, 7) is 2.16.